The summed E-state index contributed by atoms with van der Waals surface area (Å²) in [6.07, 6.45) is 1.57. The smallest absolute Gasteiger partial charge is 0.156 e. The zero-order valence-electron chi connectivity index (χ0n) is 6.76. The maximum absolute atomic E-state index is 13.1. The molecule has 5 heteroatoms. The molecule has 0 amide bonds. The molecule has 0 radical (unpaired) electrons. The Kier molecular flexibility index (Phi) is 2.09. The average Bonchev–Trinajstić information content (AvgIpc) is 2.06. The number of nitrogens with two attached hydrogens (primary N) is 1. The molecule has 1 saturated heterocycles. The molecule has 1 aromatic heterocycles. The normalized spacial score (nSPS) is 19.6. The fourth-order valence-corrected chi connectivity index (χ4v) is 1.40. The number of hydrogen-bond acceptors (Lipinski definition) is 3. The van der Waals surface area contributed by atoms with Crippen molar-refractivity contribution in [2.24, 2.45) is 5.73 Å². The van der Waals surface area contributed by atoms with Crippen LogP contribution in [0.1, 0.15) is 5.56 Å². The monoisotopic (exact) mass is 246 g/mol. The van der Waals surface area contributed by atoms with Crippen LogP contribution in [-0.2, 0) is 10.3 Å². The predicted octanol–water partition coefficient (Wildman–Crippen LogP) is 1.17. The first kappa shape index (κ1) is 9.05. The maximum Gasteiger partial charge on any atom is 0.156 e. The van der Waals surface area contributed by atoms with Crippen LogP contribution in [-0.4, -0.2) is 18.2 Å². The highest BCUT2D eigenvalue weighted by Gasteiger charge is 2.36. The SMILES string of the molecule is NC1(c2cnc(Br)c(F)c2)COC1. The van der Waals surface area contributed by atoms with Gasteiger partial charge < -0.3 is 10.5 Å². The molecular formula is C8H8BrFN2O. The van der Waals surface area contributed by atoms with Crippen molar-refractivity contribution in [1.82, 2.24) is 4.98 Å². The molecule has 70 valence electrons. The van der Waals surface area contributed by atoms with Crippen molar-refractivity contribution in [3.8, 4) is 0 Å². The number of hydrogen-bond donors (Lipinski definition) is 1. The number of aromatic nitrogens is 1. The van der Waals surface area contributed by atoms with Crippen LogP contribution in [0.3, 0.4) is 0 Å². The number of ether oxygens (including phenoxy) is 1. The summed E-state index contributed by atoms with van der Waals surface area (Å²) in [4.78, 5) is 3.83. The van der Waals surface area contributed by atoms with E-state index in [2.05, 4.69) is 20.9 Å². The van der Waals surface area contributed by atoms with Crippen molar-refractivity contribution in [1.29, 1.82) is 0 Å². The van der Waals surface area contributed by atoms with Crippen molar-refractivity contribution in [3.05, 3.63) is 28.2 Å². The van der Waals surface area contributed by atoms with E-state index in [-0.39, 0.29) is 4.60 Å². The number of nitrogens with zero attached hydrogens (tertiary/aromatic N) is 1. The van der Waals surface area contributed by atoms with E-state index in [1.165, 1.54) is 6.07 Å². The standard InChI is InChI=1S/C8H8BrFN2O/c9-7-6(10)1-5(2-12-7)8(11)3-13-4-8/h1-2H,3-4,11H2. The van der Waals surface area contributed by atoms with Gasteiger partial charge in [-0.25, -0.2) is 9.37 Å². The molecule has 1 aliphatic heterocycles. The van der Waals surface area contributed by atoms with Crippen LogP contribution < -0.4 is 5.73 Å². The summed E-state index contributed by atoms with van der Waals surface area (Å²) in [7, 11) is 0. The summed E-state index contributed by atoms with van der Waals surface area (Å²) in [5, 5.41) is 0. The lowest BCUT2D eigenvalue weighted by atomic mass is 9.91. The van der Waals surface area contributed by atoms with Crippen LogP contribution in [0.2, 0.25) is 0 Å². The van der Waals surface area contributed by atoms with Gasteiger partial charge in [-0.2, -0.15) is 0 Å². The third-order valence-corrected chi connectivity index (χ3v) is 2.67. The molecule has 1 fully saturated rings. The molecule has 2 heterocycles. The largest absolute Gasteiger partial charge is 0.377 e. The summed E-state index contributed by atoms with van der Waals surface area (Å²) >= 11 is 2.98. The van der Waals surface area contributed by atoms with Crippen LogP contribution in [0.4, 0.5) is 4.39 Å². The zero-order chi connectivity index (χ0) is 9.47. The molecule has 0 saturated carbocycles. The first-order chi connectivity index (χ1) is 6.12. The lowest BCUT2D eigenvalue weighted by molar-refractivity contribution is -0.0572. The van der Waals surface area contributed by atoms with Gasteiger partial charge in [0.25, 0.3) is 0 Å². The Morgan fingerprint density at radius 1 is 1.62 bits per heavy atom. The molecule has 2 N–H and O–H groups in total. The number of rotatable bonds is 1. The second-order valence-corrected chi connectivity index (χ2v) is 3.90. The van der Waals surface area contributed by atoms with E-state index in [1.54, 1.807) is 6.20 Å². The summed E-state index contributed by atoms with van der Waals surface area (Å²) in [6.45, 7) is 0.853. The summed E-state index contributed by atoms with van der Waals surface area (Å²) < 4.78 is 18.2. The molecule has 0 aliphatic carbocycles. The van der Waals surface area contributed by atoms with Crippen molar-refractivity contribution < 1.29 is 9.13 Å². The van der Waals surface area contributed by atoms with Crippen LogP contribution in [0, 0.1) is 5.82 Å². The summed E-state index contributed by atoms with van der Waals surface area (Å²) in [5.41, 5.74) is 6.03. The van der Waals surface area contributed by atoms with Gasteiger partial charge in [-0.1, -0.05) is 0 Å². The quantitative estimate of drug-likeness (QED) is 0.757. The highest BCUT2D eigenvalue weighted by molar-refractivity contribution is 9.10. The van der Waals surface area contributed by atoms with Crippen molar-refractivity contribution in [3.63, 3.8) is 0 Å². The topological polar surface area (TPSA) is 48.1 Å². The lowest BCUT2D eigenvalue weighted by Crippen LogP contribution is -2.54. The Labute approximate surface area is 83.2 Å². The number of pyridine rings is 1. The van der Waals surface area contributed by atoms with Crippen LogP contribution >= 0.6 is 15.9 Å². The fraction of sp³-hybridized carbons (Fsp3) is 0.375. The van der Waals surface area contributed by atoms with Gasteiger partial charge in [-0.05, 0) is 27.6 Å². The first-order valence-electron chi connectivity index (χ1n) is 3.80. The summed E-state index contributed by atoms with van der Waals surface area (Å²) in [5.74, 6) is -0.394. The highest BCUT2D eigenvalue weighted by atomic mass is 79.9. The Bertz CT molecular complexity index is 341. The molecule has 2 rings (SSSR count). The number of halogens is 2. The molecule has 1 aliphatic rings. The second-order valence-electron chi connectivity index (χ2n) is 3.15. The second kappa shape index (κ2) is 3.01. The van der Waals surface area contributed by atoms with Crippen molar-refractivity contribution in [2.75, 3.05) is 13.2 Å². The average molecular weight is 247 g/mol. The minimum Gasteiger partial charge on any atom is -0.377 e. The highest BCUT2D eigenvalue weighted by Crippen LogP contribution is 2.27. The Morgan fingerprint density at radius 3 is 2.77 bits per heavy atom. The van der Waals surface area contributed by atoms with E-state index >= 15 is 0 Å². The third kappa shape index (κ3) is 1.47. The molecular weight excluding hydrogens is 239 g/mol. The first-order valence-corrected chi connectivity index (χ1v) is 4.59. The Hall–Kier alpha value is -0.520. The maximum atomic E-state index is 13.1. The molecule has 0 aromatic carbocycles. The van der Waals surface area contributed by atoms with E-state index in [0.29, 0.717) is 18.8 Å². The van der Waals surface area contributed by atoms with Crippen LogP contribution in [0.5, 0.6) is 0 Å². The van der Waals surface area contributed by atoms with Crippen molar-refractivity contribution >= 4 is 15.9 Å². The van der Waals surface area contributed by atoms with Crippen LogP contribution in [0.15, 0.2) is 16.9 Å². The van der Waals surface area contributed by atoms with E-state index < -0.39 is 11.4 Å². The molecule has 0 spiro atoms. The lowest BCUT2D eigenvalue weighted by Gasteiger charge is -2.37. The minimum absolute atomic E-state index is 0.208. The Balaban J connectivity index is 2.36. The summed E-state index contributed by atoms with van der Waals surface area (Å²) in [6, 6.07) is 1.39. The predicted molar refractivity (Wildman–Crippen MR) is 48.6 cm³/mol. The molecule has 0 bridgehead atoms. The third-order valence-electron chi connectivity index (χ3n) is 2.09. The fourth-order valence-electron chi connectivity index (χ4n) is 1.18. The molecule has 0 atom stereocenters. The van der Waals surface area contributed by atoms with Gasteiger partial charge in [0.15, 0.2) is 5.82 Å². The van der Waals surface area contributed by atoms with E-state index in [1.807, 2.05) is 0 Å². The minimum atomic E-state index is -0.547. The van der Waals surface area contributed by atoms with Crippen LogP contribution in [0.25, 0.3) is 0 Å². The van der Waals surface area contributed by atoms with Gasteiger partial charge in [-0.15, -0.1) is 0 Å². The van der Waals surface area contributed by atoms with Gasteiger partial charge >= 0.3 is 0 Å². The van der Waals surface area contributed by atoms with Gasteiger partial charge in [0.05, 0.1) is 18.8 Å². The van der Waals surface area contributed by atoms with Gasteiger partial charge in [0.2, 0.25) is 0 Å². The Morgan fingerprint density at radius 2 is 2.31 bits per heavy atom. The molecule has 13 heavy (non-hydrogen) atoms. The van der Waals surface area contributed by atoms with E-state index in [0.717, 1.165) is 0 Å². The van der Waals surface area contributed by atoms with Gasteiger partial charge in [0.1, 0.15) is 4.60 Å². The van der Waals surface area contributed by atoms with Gasteiger partial charge in [-0.3, -0.25) is 0 Å². The molecule has 3 nitrogen and oxygen atoms in total. The van der Waals surface area contributed by atoms with E-state index in [9.17, 15) is 4.39 Å². The van der Waals surface area contributed by atoms with Gasteiger partial charge in [0, 0.05) is 6.20 Å². The zero-order valence-corrected chi connectivity index (χ0v) is 8.34. The van der Waals surface area contributed by atoms with Crippen molar-refractivity contribution in [2.45, 2.75) is 5.54 Å². The molecule has 0 unspecified atom stereocenters. The molecule has 1 aromatic rings. The van der Waals surface area contributed by atoms with E-state index in [4.69, 9.17) is 10.5 Å².